The summed E-state index contributed by atoms with van der Waals surface area (Å²) in [6.07, 6.45) is 1.26. The van der Waals surface area contributed by atoms with Gasteiger partial charge in [-0.2, -0.15) is 4.21 Å². The lowest BCUT2D eigenvalue weighted by Crippen LogP contribution is -2.31. The summed E-state index contributed by atoms with van der Waals surface area (Å²) in [6.45, 7) is 34.5. The highest BCUT2D eigenvalue weighted by Crippen LogP contribution is 2.39. The Bertz CT molecular complexity index is 2460. The largest absolute Gasteiger partial charge is 0.481 e. The Kier molecular flexibility index (Phi) is 15.7. The van der Waals surface area contributed by atoms with Gasteiger partial charge in [0.15, 0.2) is 11.9 Å². The second kappa shape index (κ2) is 20.6. The van der Waals surface area contributed by atoms with Crippen molar-refractivity contribution in [3.8, 4) is 11.5 Å². The molecule has 1 amide bonds. The third-order valence-corrected chi connectivity index (χ3v) is 12.6. The maximum absolute atomic E-state index is 13.5. The Morgan fingerprint density at radius 3 is 2.27 bits per heavy atom. The van der Waals surface area contributed by atoms with Crippen LogP contribution in [0.15, 0.2) is 65.3 Å². The SMILES string of the molecule is [C-]#[N+]C1=C(C(=O)OCC)c2nnc(CCNS(=O)Oc3cc(NC(=O)C(C)Oc4ccc(C(C)(C)CC)cc4C(C)(C)CC)ccc3C)n2C1=Nc1ccc(N(CC)CC)cc1C. The molecule has 0 saturated heterocycles. The smallest absolute Gasteiger partial charge is 0.331 e. The van der Waals surface area contributed by atoms with Crippen LogP contribution in [0.5, 0.6) is 11.5 Å². The van der Waals surface area contributed by atoms with Crippen LogP contribution in [-0.4, -0.2) is 69.0 Å². The molecule has 0 saturated carbocycles. The molecular formula is C48H62N8O6S. The van der Waals surface area contributed by atoms with Gasteiger partial charge in [0, 0.05) is 49.1 Å². The van der Waals surface area contributed by atoms with Crippen LogP contribution in [0.3, 0.4) is 0 Å². The summed E-state index contributed by atoms with van der Waals surface area (Å²) < 4.78 is 35.2. The number of nitrogens with one attached hydrogen (secondary N) is 2. The molecule has 0 bridgehead atoms. The summed E-state index contributed by atoms with van der Waals surface area (Å²) in [5.41, 5.74) is 5.82. The minimum atomic E-state index is -2.01. The molecule has 15 heteroatoms. The Balaban J connectivity index is 1.29. The predicted molar refractivity (Wildman–Crippen MR) is 251 cm³/mol. The van der Waals surface area contributed by atoms with E-state index in [1.165, 1.54) is 5.56 Å². The first-order valence-corrected chi connectivity index (χ1v) is 22.8. The summed E-state index contributed by atoms with van der Waals surface area (Å²) in [5.74, 6) is 0.668. The molecule has 4 aromatic rings. The highest BCUT2D eigenvalue weighted by Gasteiger charge is 2.38. The number of aromatic nitrogens is 3. The Morgan fingerprint density at radius 1 is 0.921 bits per heavy atom. The lowest BCUT2D eigenvalue weighted by molar-refractivity contribution is -0.136. The monoisotopic (exact) mass is 878 g/mol. The molecule has 1 aliphatic heterocycles. The summed E-state index contributed by atoms with van der Waals surface area (Å²) in [4.78, 5) is 37.5. The molecule has 0 spiro atoms. The highest BCUT2D eigenvalue weighted by atomic mass is 32.2. The van der Waals surface area contributed by atoms with E-state index in [4.69, 9.17) is 25.2 Å². The van der Waals surface area contributed by atoms with Crippen LogP contribution in [0.25, 0.3) is 10.4 Å². The van der Waals surface area contributed by atoms with Gasteiger partial charge in [0.1, 0.15) is 28.7 Å². The zero-order valence-electron chi connectivity index (χ0n) is 38.8. The van der Waals surface area contributed by atoms with Crippen LogP contribution in [0, 0.1) is 20.4 Å². The number of allylic oxidation sites excluding steroid dienone is 1. The van der Waals surface area contributed by atoms with Crippen molar-refractivity contribution < 1.29 is 27.5 Å². The van der Waals surface area contributed by atoms with Crippen molar-refractivity contribution in [3.05, 3.63) is 106 Å². The number of aliphatic imine (C=N–C) groups is 1. The van der Waals surface area contributed by atoms with Crippen molar-refractivity contribution >= 4 is 51.6 Å². The molecule has 2 atom stereocenters. The van der Waals surface area contributed by atoms with Crippen molar-refractivity contribution in [2.75, 3.05) is 36.5 Å². The van der Waals surface area contributed by atoms with Gasteiger partial charge in [-0.05, 0) is 112 Å². The number of carbonyl (C=O) groups is 2. The van der Waals surface area contributed by atoms with Gasteiger partial charge in [0.2, 0.25) is 5.70 Å². The van der Waals surface area contributed by atoms with Crippen molar-refractivity contribution in [1.82, 2.24) is 19.5 Å². The van der Waals surface area contributed by atoms with E-state index in [0.29, 0.717) is 34.3 Å². The van der Waals surface area contributed by atoms with Crippen molar-refractivity contribution in [3.63, 3.8) is 0 Å². The second-order valence-electron chi connectivity index (χ2n) is 16.8. The van der Waals surface area contributed by atoms with Gasteiger partial charge in [-0.15, -0.1) is 10.2 Å². The Hall–Kier alpha value is -5.85. The molecule has 2 heterocycles. The number of ether oxygens (including phenoxy) is 2. The molecule has 1 aliphatic rings. The molecule has 2 unspecified atom stereocenters. The van der Waals surface area contributed by atoms with Gasteiger partial charge in [0.25, 0.3) is 17.2 Å². The normalized spacial score (nSPS) is 14.2. The predicted octanol–water partition coefficient (Wildman–Crippen LogP) is 9.10. The lowest BCUT2D eigenvalue weighted by atomic mass is 9.76. The third-order valence-electron chi connectivity index (χ3n) is 11.9. The molecule has 1 aromatic heterocycles. The first-order chi connectivity index (χ1) is 29.9. The average molecular weight is 879 g/mol. The van der Waals surface area contributed by atoms with E-state index in [9.17, 15) is 13.8 Å². The van der Waals surface area contributed by atoms with E-state index < -0.39 is 23.3 Å². The molecular weight excluding hydrogens is 817 g/mol. The quantitative estimate of drug-likeness (QED) is 0.0654. The second-order valence-corrected chi connectivity index (χ2v) is 17.7. The summed E-state index contributed by atoms with van der Waals surface area (Å²) >= 11 is -2.01. The summed E-state index contributed by atoms with van der Waals surface area (Å²) in [6, 6.07) is 17.3. The summed E-state index contributed by atoms with van der Waals surface area (Å²) in [5, 5.41) is 11.5. The standard InChI is InChI=1S/C48H62N8O6S/c1-14-47(9,10)33-20-24-38(36(28-33)48(11,12)15-2)61-32(8)45(57)51-34-21-19-30(6)39(29-34)62-63(59)50-26-25-40-53-54-43-41(46(58)60-18-5)42(49-13)44(56(40)43)52-37-23-22-35(27-31(37)7)55(16-3)17-4/h19-24,27-29,32,50H,14-18,25-26H2,1-12H3,(H,51,57). The number of rotatable bonds is 20. The number of fused-ring (bicyclic) bond motifs is 1. The number of hydrogen-bond donors (Lipinski definition) is 2. The number of esters is 1. The van der Waals surface area contributed by atoms with Gasteiger partial charge in [-0.1, -0.05) is 59.7 Å². The van der Waals surface area contributed by atoms with Crippen LogP contribution in [-0.2, 0) is 42.8 Å². The topological polar surface area (TPSA) is 154 Å². The van der Waals surface area contributed by atoms with E-state index in [2.05, 4.69) is 97.5 Å². The lowest BCUT2D eigenvalue weighted by Gasteiger charge is -2.31. The highest BCUT2D eigenvalue weighted by molar-refractivity contribution is 7.78. The number of anilines is 2. The Morgan fingerprint density at radius 2 is 1.63 bits per heavy atom. The third kappa shape index (κ3) is 10.9. The van der Waals surface area contributed by atoms with E-state index >= 15 is 0 Å². The fourth-order valence-electron chi connectivity index (χ4n) is 7.04. The zero-order valence-corrected chi connectivity index (χ0v) is 39.6. The van der Waals surface area contributed by atoms with E-state index in [1.807, 2.05) is 38.1 Å². The molecule has 0 aliphatic carbocycles. The van der Waals surface area contributed by atoms with Crippen molar-refractivity contribution in [2.45, 2.75) is 119 Å². The van der Waals surface area contributed by atoms with Gasteiger partial charge in [0.05, 0.1) is 18.9 Å². The molecule has 0 fully saturated rings. The van der Waals surface area contributed by atoms with Gasteiger partial charge < -0.3 is 23.9 Å². The van der Waals surface area contributed by atoms with Crippen LogP contribution < -0.4 is 23.9 Å². The van der Waals surface area contributed by atoms with Gasteiger partial charge in [-0.3, -0.25) is 9.36 Å². The number of amides is 1. The maximum atomic E-state index is 13.5. The van der Waals surface area contributed by atoms with Crippen LogP contribution in [0.1, 0.15) is 116 Å². The van der Waals surface area contributed by atoms with Gasteiger partial charge >= 0.3 is 5.97 Å². The molecule has 336 valence electrons. The molecule has 14 nitrogen and oxygen atoms in total. The molecule has 3 aromatic carbocycles. The van der Waals surface area contributed by atoms with Crippen LogP contribution in [0.4, 0.5) is 17.1 Å². The maximum Gasteiger partial charge on any atom is 0.331 e. The minimum absolute atomic E-state index is 0.00130. The number of hydrogen-bond acceptors (Lipinski definition) is 10. The summed E-state index contributed by atoms with van der Waals surface area (Å²) in [7, 11) is 0. The van der Waals surface area contributed by atoms with E-state index in [-0.39, 0.29) is 59.2 Å². The zero-order chi connectivity index (χ0) is 46.2. The Labute approximate surface area is 375 Å². The fourth-order valence-corrected chi connectivity index (χ4v) is 7.71. The van der Waals surface area contributed by atoms with Gasteiger partial charge in [-0.25, -0.2) is 19.4 Å². The number of nitrogens with zero attached hydrogens (tertiary/aromatic N) is 6. The first kappa shape index (κ1) is 48.2. The van der Waals surface area contributed by atoms with Crippen molar-refractivity contribution in [1.29, 1.82) is 0 Å². The molecule has 5 rings (SSSR count). The van der Waals surface area contributed by atoms with E-state index in [0.717, 1.165) is 42.7 Å². The van der Waals surface area contributed by atoms with Crippen molar-refractivity contribution in [2.24, 2.45) is 4.99 Å². The number of benzene rings is 3. The first-order valence-electron chi connectivity index (χ1n) is 21.7. The fraction of sp³-hybridized carbons (Fsp3) is 0.458. The van der Waals surface area contributed by atoms with Crippen LogP contribution >= 0.6 is 0 Å². The average Bonchev–Trinajstić information content (AvgIpc) is 3.80. The number of carbonyl (C=O) groups excluding carboxylic acids is 2. The number of aryl methyl sites for hydroxylation is 2. The van der Waals surface area contributed by atoms with Crippen LogP contribution in [0.2, 0.25) is 0 Å². The molecule has 2 N–H and O–H groups in total. The molecule has 0 radical (unpaired) electrons. The molecule has 63 heavy (non-hydrogen) atoms. The minimum Gasteiger partial charge on any atom is -0.481 e. The van der Waals surface area contributed by atoms with E-state index in [1.54, 1.807) is 36.6 Å².